The van der Waals surface area contributed by atoms with Crippen molar-refractivity contribution in [2.24, 2.45) is 5.92 Å². The van der Waals surface area contributed by atoms with Gasteiger partial charge in [0, 0.05) is 12.1 Å². The number of carbonyl (C=O) groups is 1. The fourth-order valence-electron chi connectivity index (χ4n) is 3.72. The van der Waals surface area contributed by atoms with Crippen molar-refractivity contribution in [3.05, 3.63) is 64.6 Å². The zero-order chi connectivity index (χ0) is 20.3. The highest BCUT2D eigenvalue weighted by atomic mass is 16.5. The molecule has 3 aromatic rings. The van der Waals surface area contributed by atoms with Gasteiger partial charge in [-0.25, -0.2) is 4.79 Å². The number of amides is 1. The number of para-hydroxylation sites is 1. The average Bonchev–Trinajstić information content (AvgIpc) is 3.12. The van der Waals surface area contributed by atoms with Crippen LogP contribution in [0.4, 0.5) is 0 Å². The van der Waals surface area contributed by atoms with E-state index in [9.17, 15) is 14.7 Å². The molecule has 29 heavy (non-hydrogen) atoms. The van der Waals surface area contributed by atoms with Crippen LogP contribution in [-0.2, 0) is 0 Å². The summed E-state index contributed by atoms with van der Waals surface area (Å²) in [6.07, 6.45) is 2.92. The number of benzene rings is 2. The lowest BCUT2D eigenvalue weighted by Crippen LogP contribution is -2.45. The largest absolute Gasteiger partial charge is 0.493 e. The number of H-pyrrole nitrogens is 1. The van der Waals surface area contributed by atoms with Crippen molar-refractivity contribution in [3.8, 4) is 5.75 Å². The van der Waals surface area contributed by atoms with E-state index in [4.69, 9.17) is 9.15 Å². The third kappa shape index (κ3) is 4.68. The molecular formula is C22H24N2O5. The molecule has 1 saturated carbocycles. The molecule has 1 aliphatic carbocycles. The van der Waals surface area contributed by atoms with E-state index in [1.807, 2.05) is 30.3 Å². The lowest BCUT2D eigenvalue weighted by Gasteiger charge is -2.36. The van der Waals surface area contributed by atoms with E-state index in [-0.39, 0.29) is 12.5 Å². The molecule has 1 aliphatic rings. The smallest absolute Gasteiger partial charge is 0.417 e. The van der Waals surface area contributed by atoms with Crippen molar-refractivity contribution < 1.29 is 19.1 Å². The van der Waals surface area contributed by atoms with Gasteiger partial charge in [-0.1, -0.05) is 18.2 Å². The summed E-state index contributed by atoms with van der Waals surface area (Å²) in [5.74, 6) is 0.388. The van der Waals surface area contributed by atoms with E-state index < -0.39 is 11.4 Å². The molecule has 7 nitrogen and oxygen atoms in total. The van der Waals surface area contributed by atoms with Gasteiger partial charge in [-0.05, 0) is 61.9 Å². The van der Waals surface area contributed by atoms with Gasteiger partial charge in [0.2, 0.25) is 0 Å². The second kappa shape index (κ2) is 8.13. The predicted octanol–water partition coefficient (Wildman–Crippen LogP) is 2.85. The van der Waals surface area contributed by atoms with E-state index in [0.717, 1.165) is 18.6 Å². The molecule has 0 spiro atoms. The lowest BCUT2D eigenvalue weighted by molar-refractivity contribution is -0.0129. The lowest BCUT2D eigenvalue weighted by atomic mass is 9.79. The van der Waals surface area contributed by atoms with Gasteiger partial charge in [-0.15, -0.1) is 0 Å². The molecule has 1 fully saturated rings. The minimum atomic E-state index is -0.913. The van der Waals surface area contributed by atoms with E-state index in [1.165, 1.54) is 6.07 Å². The first-order valence-electron chi connectivity index (χ1n) is 9.82. The molecule has 152 valence electrons. The maximum absolute atomic E-state index is 12.4. The Morgan fingerprint density at radius 3 is 2.72 bits per heavy atom. The van der Waals surface area contributed by atoms with Crippen LogP contribution in [0, 0.1) is 5.92 Å². The topological polar surface area (TPSA) is 105 Å². The Balaban J connectivity index is 1.27. The third-order valence-corrected chi connectivity index (χ3v) is 5.53. The molecule has 0 saturated heterocycles. The first kappa shape index (κ1) is 19.3. The molecule has 1 amide bonds. The molecule has 2 aromatic carbocycles. The number of fused-ring (bicyclic) bond motifs is 1. The Hall–Kier alpha value is -3.06. The van der Waals surface area contributed by atoms with E-state index >= 15 is 0 Å². The molecule has 3 N–H and O–H groups in total. The fraction of sp³-hybridized carbons (Fsp3) is 0.364. The van der Waals surface area contributed by atoms with Crippen LogP contribution in [0.5, 0.6) is 5.75 Å². The number of rotatable bonds is 6. The third-order valence-electron chi connectivity index (χ3n) is 5.53. The van der Waals surface area contributed by atoms with Crippen LogP contribution in [0.3, 0.4) is 0 Å². The van der Waals surface area contributed by atoms with Gasteiger partial charge in [-0.2, -0.15) is 0 Å². The van der Waals surface area contributed by atoms with Crippen LogP contribution in [0.2, 0.25) is 0 Å². The Morgan fingerprint density at radius 1 is 1.21 bits per heavy atom. The van der Waals surface area contributed by atoms with E-state index in [0.29, 0.717) is 42.0 Å². The van der Waals surface area contributed by atoms with Crippen molar-refractivity contribution >= 4 is 17.0 Å². The predicted molar refractivity (Wildman–Crippen MR) is 108 cm³/mol. The van der Waals surface area contributed by atoms with Gasteiger partial charge >= 0.3 is 5.76 Å². The SMILES string of the molecule is O=C(NC[C@]1(O)CC[C@H](COc2ccccc2)CC1)c1ccc2[nH]c(=O)oc2c1. The second-order valence-electron chi connectivity index (χ2n) is 7.70. The number of hydrogen-bond donors (Lipinski definition) is 3. The number of ether oxygens (including phenoxy) is 1. The monoisotopic (exact) mass is 396 g/mol. The summed E-state index contributed by atoms with van der Waals surface area (Å²) in [7, 11) is 0. The van der Waals surface area contributed by atoms with Gasteiger partial charge in [-0.3, -0.25) is 9.78 Å². The Kier molecular flexibility index (Phi) is 5.40. The number of aromatic nitrogens is 1. The molecule has 0 aliphatic heterocycles. The molecule has 1 heterocycles. The average molecular weight is 396 g/mol. The highest BCUT2D eigenvalue weighted by molar-refractivity contribution is 5.97. The summed E-state index contributed by atoms with van der Waals surface area (Å²) in [6, 6.07) is 14.5. The summed E-state index contributed by atoms with van der Waals surface area (Å²) >= 11 is 0. The Bertz CT molecular complexity index is 1030. The van der Waals surface area contributed by atoms with Crippen LogP contribution in [0.1, 0.15) is 36.0 Å². The van der Waals surface area contributed by atoms with Gasteiger partial charge in [0.15, 0.2) is 5.58 Å². The van der Waals surface area contributed by atoms with Crippen LogP contribution in [-0.4, -0.2) is 34.8 Å². The molecule has 0 radical (unpaired) electrons. The number of nitrogens with one attached hydrogen (secondary N) is 2. The molecule has 4 rings (SSSR count). The minimum Gasteiger partial charge on any atom is -0.493 e. The van der Waals surface area contributed by atoms with E-state index in [2.05, 4.69) is 10.3 Å². The summed E-state index contributed by atoms with van der Waals surface area (Å²) in [5, 5.41) is 13.6. The van der Waals surface area contributed by atoms with Crippen LogP contribution < -0.4 is 15.8 Å². The normalized spacial score (nSPS) is 21.8. The molecule has 0 atom stereocenters. The number of oxazole rings is 1. The highest BCUT2D eigenvalue weighted by Gasteiger charge is 2.33. The molecule has 0 bridgehead atoms. The number of hydrogen-bond acceptors (Lipinski definition) is 5. The van der Waals surface area contributed by atoms with E-state index in [1.54, 1.807) is 12.1 Å². The maximum atomic E-state index is 12.4. The van der Waals surface area contributed by atoms with Crippen molar-refractivity contribution in [1.29, 1.82) is 0 Å². The zero-order valence-electron chi connectivity index (χ0n) is 16.0. The maximum Gasteiger partial charge on any atom is 0.417 e. The van der Waals surface area contributed by atoms with Gasteiger partial charge in [0.05, 0.1) is 17.7 Å². The second-order valence-corrected chi connectivity index (χ2v) is 7.70. The van der Waals surface area contributed by atoms with Crippen LogP contribution in [0.25, 0.3) is 11.1 Å². The number of aromatic amines is 1. The first-order chi connectivity index (χ1) is 14.0. The molecular weight excluding hydrogens is 372 g/mol. The summed E-state index contributed by atoms with van der Waals surface area (Å²) in [5.41, 5.74) is 0.347. The molecule has 1 aromatic heterocycles. The van der Waals surface area contributed by atoms with Gasteiger partial charge in [0.1, 0.15) is 5.75 Å². The number of aliphatic hydroxyl groups is 1. The van der Waals surface area contributed by atoms with Crippen molar-refractivity contribution in [2.45, 2.75) is 31.3 Å². The zero-order valence-corrected chi connectivity index (χ0v) is 16.0. The molecule has 7 heteroatoms. The van der Waals surface area contributed by atoms with Gasteiger partial charge < -0.3 is 19.6 Å². The van der Waals surface area contributed by atoms with Crippen molar-refractivity contribution in [1.82, 2.24) is 10.3 Å². The quantitative estimate of drug-likeness (QED) is 0.594. The van der Waals surface area contributed by atoms with Crippen LogP contribution in [0.15, 0.2) is 57.7 Å². The Labute approximate surface area is 167 Å². The summed E-state index contributed by atoms with van der Waals surface area (Å²) in [4.78, 5) is 26.2. The summed E-state index contributed by atoms with van der Waals surface area (Å²) in [6.45, 7) is 0.821. The first-order valence-corrected chi connectivity index (χ1v) is 9.82. The van der Waals surface area contributed by atoms with Gasteiger partial charge in [0.25, 0.3) is 5.91 Å². The number of carbonyl (C=O) groups excluding carboxylic acids is 1. The van der Waals surface area contributed by atoms with Crippen LogP contribution >= 0.6 is 0 Å². The van der Waals surface area contributed by atoms with Crippen molar-refractivity contribution in [3.63, 3.8) is 0 Å². The van der Waals surface area contributed by atoms with Crippen molar-refractivity contribution in [2.75, 3.05) is 13.2 Å². The summed E-state index contributed by atoms with van der Waals surface area (Å²) < 4.78 is 10.8. The highest BCUT2D eigenvalue weighted by Crippen LogP contribution is 2.32. The molecule has 0 unspecified atom stereocenters. The standard InChI is InChI=1S/C22H24N2O5/c25-20(16-6-7-18-19(12-16)29-21(26)24-18)23-14-22(27)10-8-15(9-11-22)13-28-17-4-2-1-3-5-17/h1-7,12,15,27H,8-11,13-14H2,(H,23,25)(H,24,26)/t15-,22-. The fourth-order valence-corrected chi connectivity index (χ4v) is 3.72. The Morgan fingerprint density at radius 2 is 1.97 bits per heavy atom. The minimum absolute atomic E-state index is 0.188.